The van der Waals surface area contributed by atoms with Gasteiger partial charge in [0.05, 0.1) is 0 Å². The first kappa shape index (κ1) is 10.9. The molecule has 5 heteroatoms. The Hall–Kier alpha value is -1.13. The van der Waals surface area contributed by atoms with Gasteiger partial charge in [0, 0.05) is 12.1 Å². The minimum absolute atomic E-state index is 0.196. The smallest absolute Gasteiger partial charge is 0.320 e. The molecule has 0 aromatic carbocycles. The summed E-state index contributed by atoms with van der Waals surface area (Å²) in [6.07, 6.45) is 0.196. The fourth-order valence-corrected chi connectivity index (χ4v) is 1.30. The third kappa shape index (κ3) is 2.68. The van der Waals surface area contributed by atoms with Gasteiger partial charge >= 0.3 is 5.97 Å². The van der Waals surface area contributed by atoms with Crippen LogP contribution in [0.15, 0.2) is 12.1 Å². The Bertz CT molecular complexity index is 355. The molecule has 0 aliphatic heterocycles. The number of halogens is 1. The van der Waals surface area contributed by atoms with Crippen LogP contribution in [0.1, 0.15) is 11.3 Å². The van der Waals surface area contributed by atoms with Gasteiger partial charge in [-0.05, 0) is 18.6 Å². The first-order valence-electron chi connectivity index (χ1n) is 4.11. The minimum atomic E-state index is -1.04. The van der Waals surface area contributed by atoms with Crippen LogP contribution in [0.3, 0.4) is 0 Å². The van der Waals surface area contributed by atoms with Crippen molar-refractivity contribution in [3.8, 4) is 0 Å². The first-order valence-corrected chi connectivity index (χ1v) is 4.49. The highest BCUT2D eigenvalue weighted by molar-refractivity contribution is 6.30. The second kappa shape index (κ2) is 4.39. The summed E-state index contributed by atoms with van der Waals surface area (Å²) < 4.78 is 0. The van der Waals surface area contributed by atoms with Gasteiger partial charge in [0.15, 0.2) is 0 Å². The van der Waals surface area contributed by atoms with Gasteiger partial charge in [-0.3, -0.25) is 4.79 Å². The van der Waals surface area contributed by atoms with Crippen molar-refractivity contribution >= 4 is 17.6 Å². The number of aliphatic carboxylic acids is 1. The largest absolute Gasteiger partial charge is 0.480 e. The Morgan fingerprint density at radius 3 is 2.86 bits per heavy atom. The van der Waals surface area contributed by atoms with E-state index in [9.17, 15) is 4.79 Å². The Morgan fingerprint density at radius 2 is 2.36 bits per heavy atom. The number of hydrogen-bond acceptors (Lipinski definition) is 3. The molecule has 0 amide bonds. The zero-order valence-corrected chi connectivity index (χ0v) is 8.45. The van der Waals surface area contributed by atoms with Gasteiger partial charge in [-0.2, -0.15) is 0 Å². The molecule has 0 radical (unpaired) electrons. The average Bonchev–Trinajstić information content (AvgIpc) is 2.09. The Balaban J connectivity index is 2.82. The molecule has 0 aliphatic rings. The molecule has 1 aromatic heterocycles. The molecule has 0 aliphatic carbocycles. The van der Waals surface area contributed by atoms with E-state index in [4.69, 9.17) is 22.4 Å². The van der Waals surface area contributed by atoms with E-state index in [1.54, 1.807) is 12.1 Å². The van der Waals surface area contributed by atoms with Gasteiger partial charge in [-0.1, -0.05) is 17.7 Å². The fourth-order valence-electron chi connectivity index (χ4n) is 1.03. The van der Waals surface area contributed by atoms with Crippen molar-refractivity contribution in [1.82, 2.24) is 4.98 Å². The predicted octanol–water partition coefficient (Wildman–Crippen LogP) is 0.998. The van der Waals surface area contributed by atoms with E-state index in [-0.39, 0.29) is 6.42 Å². The third-order valence-corrected chi connectivity index (χ3v) is 2.15. The van der Waals surface area contributed by atoms with E-state index in [0.29, 0.717) is 10.7 Å². The van der Waals surface area contributed by atoms with Crippen LogP contribution in [0.4, 0.5) is 0 Å². The summed E-state index contributed by atoms with van der Waals surface area (Å²) in [6.45, 7) is 1.81. The van der Waals surface area contributed by atoms with Crippen LogP contribution >= 0.6 is 11.6 Å². The van der Waals surface area contributed by atoms with E-state index >= 15 is 0 Å². The molecule has 0 bridgehead atoms. The highest BCUT2D eigenvalue weighted by Crippen LogP contribution is 2.14. The topological polar surface area (TPSA) is 76.2 Å². The summed E-state index contributed by atoms with van der Waals surface area (Å²) in [5, 5.41) is 8.92. The molecular weight excluding hydrogens is 204 g/mol. The lowest BCUT2D eigenvalue weighted by atomic mass is 10.1. The lowest BCUT2D eigenvalue weighted by Gasteiger charge is -2.07. The number of nitrogens with zero attached hydrogens (tertiary/aromatic N) is 1. The number of carboxylic acid groups (broad SMARTS) is 1. The van der Waals surface area contributed by atoms with E-state index in [1.807, 2.05) is 6.92 Å². The predicted molar refractivity (Wildman–Crippen MR) is 53.3 cm³/mol. The molecule has 14 heavy (non-hydrogen) atoms. The second-order valence-corrected chi connectivity index (χ2v) is 3.41. The van der Waals surface area contributed by atoms with E-state index in [2.05, 4.69) is 4.98 Å². The molecule has 0 saturated heterocycles. The summed E-state index contributed by atoms with van der Waals surface area (Å²) in [5.74, 6) is -1.04. The summed E-state index contributed by atoms with van der Waals surface area (Å²) in [6, 6.07) is 2.58. The minimum Gasteiger partial charge on any atom is -0.480 e. The highest BCUT2D eigenvalue weighted by atomic mass is 35.5. The molecule has 0 spiro atoms. The van der Waals surface area contributed by atoms with Crippen molar-refractivity contribution in [3.63, 3.8) is 0 Å². The molecule has 1 atom stereocenters. The number of rotatable bonds is 3. The van der Waals surface area contributed by atoms with Crippen molar-refractivity contribution < 1.29 is 9.90 Å². The number of carboxylic acids is 1. The molecule has 1 rings (SSSR count). The SMILES string of the molecule is Cc1ccc(CC(N)C(=O)O)c(Cl)n1. The quantitative estimate of drug-likeness (QED) is 0.736. The van der Waals surface area contributed by atoms with Crippen LogP contribution in [0.25, 0.3) is 0 Å². The van der Waals surface area contributed by atoms with Crippen molar-refractivity contribution in [3.05, 3.63) is 28.5 Å². The summed E-state index contributed by atoms with van der Waals surface area (Å²) >= 11 is 5.82. The molecule has 3 N–H and O–H groups in total. The van der Waals surface area contributed by atoms with Gasteiger partial charge in [0.1, 0.15) is 11.2 Å². The van der Waals surface area contributed by atoms with Crippen LogP contribution in [-0.2, 0) is 11.2 Å². The van der Waals surface area contributed by atoms with E-state index < -0.39 is 12.0 Å². The van der Waals surface area contributed by atoms with Crippen LogP contribution in [-0.4, -0.2) is 22.1 Å². The molecule has 4 nitrogen and oxygen atoms in total. The van der Waals surface area contributed by atoms with Crippen LogP contribution < -0.4 is 5.73 Å². The second-order valence-electron chi connectivity index (χ2n) is 3.05. The van der Waals surface area contributed by atoms with Crippen molar-refractivity contribution in [1.29, 1.82) is 0 Å². The van der Waals surface area contributed by atoms with Crippen LogP contribution in [0, 0.1) is 6.92 Å². The Kier molecular flexibility index (Phi) is 3.43. The maximum atomic E-state index is 10.5. The lowest BCUT2D eigenvalue weighted by molar-refractivity contribution is -0.138. The van der Waals surface area contributed by atoms with Gasteiger partial charge in [-0.15, -0.1) is 0 Å². The molecule has 0 fully saturated rings. The van der Waals surface area contributed by atoms with Gasteiger partial charge in [-0.25, -0.2) is 4.98 Å². The summed E-state index contributed by atoms with van der Waals surface area (Å²) in [7, 11) is 0. The molecular formula is C9H11ClN2O2. The number of aryl methyl sites for hydroxylation is 1. The Labute approximate surface area is 86.7 Å². The lowest BCUT2D eigenvalue weighted by Crippen LogP contribution is -2.32. The molecule has 1 aromatic rings. The molecule has 76 valence electrons. The van der Waals surface area contributed by atoms with Gasteiger partial charge in [0.25, 0.3) is 0 Å². The zero-order chi connectivity index (χ0) is 10.7. The number of pyridine rings is 1. The molecule has 1 heterocycles. The number of hydrogen-bond donors (Lipinski definition) is 2. The summed E-state index contributed by atoms with van der Waals surface area (Å²) in [4.78, 5) is 14.5. The van der Waals surface area contributed by atoms with Gasteiger partial charge < -0.3 is 10.8 Å². The standard InChI is InChI=1S/C9H11ClN2O2/c1-5-2-3-6(8(10)12-5)4-7(11)9(13)14/h2-3,7H,4,11H2,1H3,(H,13,14). The molecule has 1 unspecified atom stereocenters. The number of aromatic nitrogens is 1. The van der Waals surface area contributed by atoms with Crippen molar-refractivity contribution in [2.24, 2.45) is 5.73 Å². The number of carbonyl (C=O) groups is 1. The Morgan fingerprint density at radius 1 is 1.71 bits per heavy atom. The average molecular weight is 215 g/mol. The number of nitrogens with two attached hydrogens (primary N) is 1. The zero-order valence-electron chi connectivity index (χ0n) is 7.70. The molecule has 0 saturated carbocycles. The fraction of sp³-hybridized carbons (Fsp3) is 0.333. The van der Waals surface area contributed by atoms with Crippen molar-refractivity contribution in [2.45, 2.75) is 19.4 Å². The maximum absolute atomic E-state index is 10.5. The van der Waals surface area contributed by atoms with Gasteiger partial charge in [0.2, 0.25) is 0 Å². The summed E-state index contributed by atoms with van der Waals surface area (Å²) in [5.41, 5.74) is 6.82. The van der Waals surface area contributed by atoms with Crippen LogP contribution in [0.2, 0.25) is 5.15 Å². The highest BCUT2D eigenvalue weighted by Gasteiger charge is 2.14. The third-order valence-electron chi connectivity index (χ3n) is 1.82. The first-order chi connectivity index (χ1) is 6.50. The monoisotopic (exact) mass is 214 g/mol. The van der Waals surface area contributed by atoms with Crippen LogP contribution in [0.5, 0.6) is 0 Å². The normalized spacial score (nSPS) is 12.5. The van der Waals surface area contributed by atoms with Crippen molar-refractivity contribution in [2.75, 3.05) is 0 Å². The van der Waals surface area contributed by atoms with E-state index in [0.717, 1.165) is 5.69 Å². The maximum Gasteiger partial charge on any atom is 0.320 e. The van der Waals surface area contributed by atoms with E-state index in [1.165, 1.54) is 0 Å².